The van der Waals surface area contributed by atoms with Gasteiger partial charge in [0.25, 0.3) is 0 Å². The Labute approximate surface area is 114 Å². The fourth-order valence-corrected chi connectivity index (χ4v) is 2.80. The lowest BCUT2D eigenvalue weighted by Gasteiger charge is -2.07. The standard InChI is InChI=1S/C12H10Cl2N2S/c13-8-3-4-9(14)12(6-8)17-11-2-1-5-16-10(11)7-15/h1-6H,7,15H2. The van der Waals surface area contributed by atoms with E-state index in [2.05, 4.69) is 4.98 Å². The molecule has 0 atom stereocenters. The zero-order valence-corrected chi connectivity index (χ0v) is 11.2. The number of halogens is 2. The summed E-state index contributed by atoms with van der Waals surface area (Å²) in [5, 5.41) is 1.33. The van der Waals surface area contributed by atoms with E-state index in [4.69, 9.17) is 28.9 Å². The maximum atomic E-state index is 6.11. The molecule has 2 aromatic rings. The van der Waals surface area contributed by atoms with Crippen LogP contribution < -0.4 is 5.73 Å². The fourth-order valence-electron chi connectivity index (χ4n) is 1.34. The Hall–Kier alpha value is -0.740. The molecule has 2 N–H and O–H groups in total. The second kappa shape index (κ2) is 5.74. The highest BCUT2D eigenvalue weighted by molar-refractivity contribution is 7.99. The Morgan fingerprint density at radius 1 is 1.18 bits per heavy atom. The van der Waals surface area contributed by atoms with Gasteiger partial charge in [-0.1, -0.05) is 35.0 Å². The highest BCUT2D eigenvalue weighted by Crippen LogP contribution is 2.35. The summed E-state index contributed by atoms with van der Waals surface area (Å²) in [4.78, 5) is 6.13. The van der Waals surface area contributed by atoms with Crippen molar-refractivity contribution in [2.75, 3.05) is 0 Å². The molecule has 0 bridgehead atoms. The van der Waals surface area contributed by atoms with Crippen LogP contribution in [0.25, 0.3) is 0 Å². The van der Waals surface area contributed by atoms with E-state index in [9.17, 15) is 0 Å². The van der Waals surface area contributed by atoms with Gasteiger partial charge in [-0.15, -0.1) is 0 Å². The second-order valence-corrected chi connectivity index (χ2v) is 5.26. The average Bonchev–Trinajstić information content (AvgIpc) is 2.34. The summed E-state index contributed by atoms with van der Waals surface area (Å²) in [5.41, 5.74) is 6.49. The zero-order valence-electron chi connectivity index (χ0n) is 8.86. The molecule has 1 aromatic carbocycles. The summed E-state index contributed by atoms with van der Waals surface area (Å²) in [6.45, 7) is 0.404. The van der Waals surface area contributed by atoms with Gasteiger partial charge in [0.15, 0.2) is 0 Å². The van der Waals surface area contributed by atoms with E-state index < -0.39 is 0 Å². The molecule has 0 radical (unpaired) electrons. The zero-order chi connectivity index (χ0) is 12.3. The fraction of sp³-hybridized carbons (Fsp3) is 0.0833. The minimum atomic E-state index is 0.404. The minimum Gasteiger partial charge on any atom is -0.325 e. The van der Waals surface area contributed by atoms with Crippen molar-refractivity contribution in [3.8, 4) is 0 Å². The van der Waals surface area contributed by atoms with Gasteiger partial charge in [0.05, 0.1) is 10.7 Å². The highest BCUT2D eigenvalue weighted by atomic mass is 35.5. The molecule has 0 spiro atoms. The van der Waals surface area contributed by atoms with Gasteiger partial charge in [-0.3, -0.25) is 4.98 Å². The first-order valence-electron chi connectivity index (χ1n) is 4.97. The molecule has 1 aromatic heterocycles. The predicted octanol–water partition coefficient (Wildman–Crippen LogP) is 4.00. The molecule has 0 fully saturated rings. The first-order valence-corrected chi connectivity index (χ1v) is 6.55. The van der Waals surface area contributed by atoms with Gasteiger partial charge in [-0.25, -0.2) is 0 Å². The Kier molecular flexibility index (Phi) is 4.29. The van der Waals surface area contributed by atoms with Crippen LogP contribution in [0.15, 0.2) is 46.3 Å². The van der Waals surface area contributed by atoms with E-state index in [1.165, 1.54) is 11.8 Å². The van der Waals surface area contributed by atoms with Crippen molar-refractivity contribution in [3.63, 3.8) is 0 Å². The lowest BCUT2D eigenvalue weighted by molar-refractivity contribution is 0.944. The number of hydrogen-bond donors (Lipinski definition) is 1. The van der Waals surface area contributed by atoms with E-state index >= 15 is 0 Å². The molecule has 0 amide bonds. The van der Waals surface area contributed by atoms with E-state index in [0.29, 0.717) is 16.6 Å². The first-order chi connectivity index (χ1) is 8.20. The molecule has 0 unspecified atom stereocenters. The maximum absolute atomic E-state index is 6.11. The molecule has 2 rings (SSSR count). The molecule has 2 nitrogen and oxygen atoms in total. The first kappa shape index (κ1) is 12.7. The van der Waals surface area contributed by atoms with E-state index in [0.717, 1.165) is 15.5 Å². The normalized spacial score (nSPS) is 10.5. The summed E-state index contributed by atoms with van der Waals surface area (Å²) >= 11 is 13.6. The van der Waals surface area contributed by atoms with Crippen LogP contribution >= 0.6 is 35.0 Å². The molecular formula is C12H10Cl2N2S. The highest BCUT2D eigenvalue weighted by Gasteiger charge is 2.07. The van der Waals surface area contributed by atoms with E-state index in [1.54, 1.807) is 18.3 Å². The number of benzene rings is 1. The summed E-state index contributed by atoms with van der Waals surface area (Å²) in [6.07, 6.45) is 1.73. The molecule has 17 heavy (non-hydrogen) atoms. The van der Waals surface area contributed by atoms with Crippen molar-refractivity contribution < 1.29 is 0 Å². The lowest BCUT2D eigenvalue weighted by atomic mass is 10.3. The quantitative estimate of drug-likeness (QED) is 0.926. The monoisotopic (exact) mass is 284 g/mol. The largest absolute Gasteiger partial charge is 0.325 e. The number of nitrogens with zero attached hydrogens (tertiary/aromatic N) is 1. The molecule has 1 heterocycles. The van der Waals surface area contributed by atoms with Crippen LogP contribution in [-0.4, -0.2) is 4.98 Å². The van der Waals surface area contributed by atoms with Crippen LogP contribution in [0.1, 0.15) is 5.69 Å². The van der Waals surface area contributed by atoms with Gasteiger partial charge in [0.2, 0.25) is 0 Å². The summed E-state index contributed by atoms with van der Waals surface area (Å²) in [7, 11) is 0. The summed E-state index contributed by atoms with van der Waals surface area (Å²) < 4.78 is 0. The molecule has 0 aliphatic carbocycles. The predicted molar refractivity (Wildman–Crippen MR) is 72.7 cm³/mol. The Bertz CT molecular complexity index is 532. The van der Waals surface area contributed by atoms with Gasteiger partial charge in [-0.2, -0.15) is 0 Å². The van der Waals surface area contributed by atoms with Crippen molar-refractivity contribution in [2.45, 2.75) is 16.3 Å². The summed E-state index contributed by atoms with van der Waals surface area (Å²) in [6, 6.07) is 9.23. The Balaban J connectivity index is 2.34. The van der Waals surface area contributed by atoms with Crippen LogP contribution in [0.4, 0.5) is 0 Å². The van der Waals surface area contributed by atoms with Gasteiger partial charge >= 0.3 is 0 Å². The number of pyridine rings is 1. The number of aromatic nitrogens is 1. The third kappa shape index (κ3) is 3.13. The molecular weight excluding hydrogens is 275 g/mol. The SMILES string of the molecule is NCc1ncccc1Sc1cc(Cl)ccc1Cl. The summed E-state index contributed by atoms with van der Waals surface area (Å²) in [5.74, 6) is 0. The van der Waals surface area contributed by atoms with Crippen molar-refractivity contribution in [2.24, 2.45) is 5.73 Å². The third-order valence-electron chi connectivity index (χ3n) is 2.15. The van der Waals surface area contributed by atoms with Crippen LogP contribution in [0.2, 0.25) is 10.0 Å². The smallest absolute Gasteiger partial charge is 0.0678 e. The van der Waals surface area contributed by atoms with Crippen molar-refractivity contribution >= 4 is 35.0 Å². The van der Waals surface area contributed by atoms with Crippen LogP contribution in [0.5, 0.6) is 0 Å². The number of hydrogen-bond acceptors (Lipinski definition) is 3. The molecule has 0 saturated heterocycles. The Morgan fingerprint density at radius 2 is 2.00 bits per heavy atom. The van der Waals surface area contributed by atoms with Crippen LogP contribution in [0, 0.1) is 0 Å². The molecule has 88 valence electrons. The van der Waals surface area contributed by atoms with Crippen molar-refractivity contribution in [1.29, 1.82) is 0 Å². The van der Waals surface area contributed by atoms with Gasteiger partial charge < -0.3 is 5.73 Å². The molecule has 5 heteroatoms. The minimum absolute atomic E-state index is 0.404. The van der Waals surface area contributed by atoms with Gasteiger partial charge in [0.1, 0.15) is 0 Å². The van der Waals surface area contributed by atoms with Crippen LogP contribution in [-0.2, 0) is 6.54 Å². The van der Waals surface area contributed by atoms with Gasteiger partial charge in [-0.05, 0) is 30.3 Å². The number of rotatable bonds is 3. The Morgan fingerprint density at radius 3 is 2.76 bits per heavy atom. The van der Waals surface area contributed by atoms with Crippen molar-refractivity contribution in [3.05, 3.63) is 52.3 Å². The topological polar surface area (TPSA) is 38.9 Å². The average molecular weight is 285 g/mol. The maximum Gasteiger partial charge on any atom is 0.0678 e. The van der Waals surface area contributed by atoms with Gasteiger partial charge in [0, 0.05) is 27.6 Å². The molecule has 0 aliphatic heterocycles. The van der Waals surface area contributed by atoms with E-state index in [1.807, 2.05) is 18.2 Å². The van der Waals surface area contributed by atoms with Crippen LogP contribution in [0.3, 0.4) is 0 Å². The molecule has 0 aliphatic rings. The van der Waals surface area contributed by atoms with E-state index in [-0.39, 0.29) is 0 Å². The molecule has 0 saturated carbocycles. The van der Waals surface area contributed by atoms with Crippen molar-refractivity contribution in [1.82, 2.24) is 4.98 Å². The lowest BCUT2D eigenvalue weighted by Crippen LogP contribution is -2.00. The second-order valence-electron chi connectivity index (χ2n) is 3.33. The number of nitrogens with two attached hydrogens (primary N) is 1. The third-order valence-corrected chi connectivity index (χ3v) is 3.98.